The molecule has 8 rings (SSSR count). The average molecular weight is 829 g/mol. The Hall–Kier alpha value is -6.00. The molecule has 1 saturated heterocycles. The molecule has 0 amide bonds. The summed E-state index contributed by atoms with van der Waals surface area (Å²) in [5.41, 5.74) is 5.86. The molecule has 12 nitrogen and oxygen atoms in total. The van der Waals surface area contributed by atoms with Crippen LogP contribution in [0.15, 0.2) is 152 Å². The smallest absolute Gasteiger partial charge is 0.187 e. The number of hydrogen-bond acceptors (Lipinski definition) is 10. The highest BCUT2D eigenvalue weighted by atomic mass is 19.1. The first-order valence-electron chi connectivity index (χ1n) is 20.1. The van der Waals surface area contributed by atoms with Gasteiger partial charge < -0.3 is 28.4 Å². The molecule has 1 aliphatic rings. The van der Waals surface area contributed by atoms with Crippen molar-refractivity contribution < 1.29 is 37.2 Å². The largest absolute Gasteiger partial charge is 0.372 e. The summed E-state index contributed by atoms with van der Waals surface area (Å²) in [6.07, 6.45) is -0.182. The third kappa shape index (κ3) is 12.1. The van der Waals surface area contributed by atoms with E-state index in [1.807, 2.05) is 91.0 Å². The summed E-state index contributed by atoms with van der Waals surface area (Å²) < 4.78 is 70.3. The minimum absolute atomic E-state index is 0.0466. The third-order valence-electron chi connectivity index (χ3n) is 10.1. The van der Waals surface area contributed by atoms with Crippen molar-refractivity contribution in [3.63, 3.8) is 0 Å². The second kappa shape index (κ2) is 21.0. The van der Waals surface area contributed by atoms with Gasteiger partial charge in [-0.3, -0.25) is 0 Å². The summed E-state index contributed by atoms with van der Waals surface area (Å²) in [6.45, 7) is 1.93. The molecule has 2 aromatic heterocycles. The zero-order valence-electron chi connectivity index (χ0n) is 33.4. The van der Waals surface area contributed by atoms with E-state index in [1.165, 1.54) is 24.3 Å². The van der Waals surface area contributed by atoms with E-state index in [1.54, 1.807) is 46.0 Å². The van der Waals surface area contributed by atoms with Gasteiger partial charge in [0.1, 0.15) is 47.4 Å². The summed E-state index contributed by atoms with van der Waals surface area (Å²) in [6, 6.07) is 42.2. The summed E-state index contributed by atoms with van der Waals surface area (Å²) in [7, 11) is 0. The van der Waals surface area contributed by atoms with E-state index in [-0.39, 0.29) is 51.3 Å². The van der Waals surface area contributed by atoms with E-state index in [2.05, 4.69) is 20.6 Å². The van der Waals surface area contributed by atoms with Crippen molar-refractivity contribution in [1.82, 2.24) is 30.0 Å². The van der Waals surface area contributed by atoms with Gasteiger partial charge in [0.15, 0.2) is 6.29 Å². The number of aromatic nitrogens is 6. The van der Waals surface area contributed by atoms with E-state index in [0.717, 1.165) is 27.8 Å². The van der Waals surface area contributed by atoms with Gasteiger partial charge in [0, 0.05) is 0 Å². The van der Waals surface area contributed by atoms with E-state index in [4.69, 9.17) is 28.4 Å². The fraction of sp³-hybridized carbons (Fsp3) is 0.277. The van der Waals surface area contributed by atoms with Crippen LogP contribution in [0.2, 0.25) is 0 Å². The third-order valence-corrected chi connectivity index (χ3v) is 10.1. The van der Waals surface area contributed by atoms with Crippen LogP contribution in [0.3, 0.4) is 0 Å². The van der Waals surface area contributed by atoms with E-state index >= 15 is 0 Å². The second-order valence-electron chi connectivity index (χ2n) is 14.7. The Bertz CT molecular complexity index is 2350. The van der Waals surface area contributed by atoms with Gasteiger partial charge >= 0.3 is 0 Å². The molecule has 0 aliphatic carbocycles. The number of nitrogens with zero attached hydrogens (tertiary/aromatic N) is 6. The van der Waals surface area contributed by atoms with Crippen LogP contribution in [0.5, 0.6) is 0 Å². The molecule has 61 heavy (non-hydrogen) atoms. The molecule has 5 aromatic carbocycles. The van der Waals surface area contributed by atoms with Crippen molar-refractivity contribution >= 4 is 0 Å². The van der Waals surface area contributed by atoms with E-state index < -0.39 is 30.7 Å². The normalized spacial score (nSPS) is 19.0. The van der Waals surface area contributed by atoms with Gasteiger partial charge in [-0.2, -0.15) is 0 Å². The summed E-state index contributed by atoms with van der Waals surface area (Å²) in [5, 5.41) is 17.2. The predicted octanol–water partition coefficient (Wildman–Crippen LogP) is 7.46. The van der Waals surface area contributed by atoms with Crippen molar-refractivity contribution in [2.75, 3.05) is 6.61 Å². The minimum atomic E-state index is -0.950. The van der Waals surface area contributed by atoms with Crippen molar-refractivity contribution in [3.05, 3.63) is 203 Å². The Morgan fingerprint density at radius 2 is 0.902 bits per heavy atom. The van der Waals surface area contributed by atoms with Gasteiger partial charge in [0.25, 0.3) is 0 Å². The maximum Gasteiger partial charge on any atom is 0.187 e. The average Bonchev–Trinajstić information content (AvgIpc) is 3.95. The molecule has 7 aromatic rings. The van der Waals surface area contributed by atoms with Crippen molar-refractivity contribution in [1.29, 1.82) is 0 Å². The Kier molecular flexibility index (Phi) is 14.4. The molecule has 0 unspecified atom stereocenters. The number of ether oxygens (including phenoxy) is 6. The zero-order chi connectivity index (χ0) is 41.6. The molecule has 0 bridgehead atoms. The molecule has 0 spiro atoms. The molecule has 0 radical (unpaired) electrons. The molecule has 1 fully saturated rings. The summed E-state index contributed by atoms with van der Waals surface area (Å²) in [4.78, 5) is 0. The first-order valence-corrected chi connectivity index (χ1v) is 20.1. The fourth-order valence-corrected chi connectivity index (χ4v) is 6.98. The van der Waals surface area contributed by atoms with Crippen molar-refractivity contribution in [2.45, 2.75) is 76.8 Å². The topological polar surface area (TPSA) is 117 Å². The van der Waals surface area contributed by atoms with Crippen LogP contribution in [0.1, 0.15) is 39.2 Å². The Morgan fingerprint density at radius 1 is 0.459 bits per heavy atom. The number of halogens is 2. The zero-order valence-corrected chi connectivity index (χ0v) is 33.4. The van der Waals surface area contributed by atoms with Gasteiger partial charge in [-0.25, -0.2) is 18.1 Å². The highest BCUT2D eigenvalue weighted by Crippen LogP contribution is 2.32. The standard InChI is InChI=1S/C47H46F2N6O6/c48-39-20-16-34(17-21-39)24-54-26-41(50-52-54)31-56-33-43-44(57-28-36-10-4-1-5-11-36)45(58-29-37-12-6-2-7-13-37)46(59-30-38-14-8-3-9-15-38)47(61-43)60-32-42-27-55(53-51-42)25-35-18-22-40(49)23-19-35/h1-23,26-27,43-47H,24-25,28-33H2/t43-,44-,45+,46-,47+/m1/s1. The van der Waals surface area contributed by atoms with Crippen LogP contribution in [-0.4, -0.2) is 67.3 Å². The van der Waals surface area contributed by atoms with Crippen LogP contribution >= 0.6 is 0 Å². The lowest BCUT2D eigenvalue weighted by atomic mass is 9.97. The molecule has 0 saturated carbocycles. The quantitative estimate of drug-likeness (QED) is 0.0767. The van der Waals surface area contributed by atoms with Gasteiger partial charge in [0.2, 0.25) is 0 Å². The predicted molar refractivity (Wildman–Crippen MR) is 219 cm³/mol. The SMILES string of the molecule is Fc1ccc(Cn2cc(COC[C@H]3O[C@H](OCc4cn(Cc5ccc(F)cc5)nn4)[C@H](OCc4ccccc4)[C@@H](OCc4ccccc4)[C@@H]3OCc3ccccc3)nn2)cc1. The maximum absolute atomic E-state index is 13.5. The lowest BCUT2D eigenvalue weighted by Gasteiger charge is -2.45. The van der Waals surface area contributed by atoms with Crippen LogP contribution < -0.4 is 0 Å². The highest BCUT2D eigenvalue weighted by Gasteiger charge is 2.49. The number of hydrogen-bond donors (Lipinski definition) is 0. The van der Waals surface area contributed by atoms with Gasteiger partial charge in [-0.05, 0) is 52.1 Å². The van der Waals surface area contributed by atoms with Gasteiger partial charge in [-0.1, -0.05) is 126 Å². The summed E-state index contributed by atoms with van der Waals surface area (Å²) >= 11 is 0. The van der Waals surface area contributed by atoms with Crippen LogP contribution in [0.4, 0.5) is 8.78 Å². The molecule has 314 valence electrons. The van der Waals surface area contributed by atoms with Gasteiger partial charge in [-0.15, -0.1) is 10.2 Å². The molecular formula is C47H46F2N6O6. The maximum atomic E-state index is 13.5. The monoisotopic (exact) mass is 828 g/mol. The minimum Gasteiger partial charge on any atom is -0.372 e. The summed E-state index contributed by atoms with van der Waals surface area (Å²) in [5.74, 6) is -0.602. The Labute approximate surface area is 352 Å². The number of rotatable bonds is 20. The first kappa shape index (κ1) is 41.7. The van der Waals surface area contributed by atoms with E-state index in [0.29, 0.717) is 24.5 Å². The van der Waals surface area contributed by atoms with Crippen molar-refractivity contribution in [3.8, 4) is 0 Å². The second-order valence-corrected chi connectivity index (χ2v) is 14.7. The van der Waals surface area contributed by atoms with Crippen LogP contribution in [0.25, 0.3) is 0 Å². The number of benzene rings is 5. The molecule has 3 heterocycles. The molecule has 5 atom stereocenters. The Morgan fingerprint density at radius 3 is 1.39 bits per heavy atom. The van der Waals surface area contributed by atoms with Crippen molar-refractivity contribution in [2.24, 2.45) is 0 Å². The highest BCUT2D eigenvalue weighted by molar-refractivity contribution is 5.19. The first-order chi connectivity index (χ1) is 30.0. The lowest BCUT2D eigenvalue weighted by molar-refractivity contribution is -0.331. The van der Waals surface area contributed by atoms with Crippen LogP contribution in [0, 0.1) is 11.6 Å². The molecular weight excluding hydrogens is 783 g/mol. The van der Waals surface area contributed by atoms with Gasteiger partial charge in [0.05, 0.1) is 65.1 Å². The molecule has 1 aliphatic heterocycles. The Balaban J connectivity index is 1.04. The molecule has 14 heteroatoms. The molecule has 0 N–H and O–H groups in total. The lowest BCUT2D eigenvalue weighted by Crippen LogP contribution is -2.61. The van der Waals surface area contributed by atoms with Crippen LogP contribution in [-0.2, 0) is 74.5 Å². The van der Waals surface area contributed by atoms with E-state index in [9.17, 15) is 8.78 Å². The fourth-order valence-electron chi connectivity index (χ4n) is 6.98.